The Kier molecular flexibility index (Phi) is 4.78. The second-order valence-corrected chi connectivity index (χ2v) is 3.78. The third kappa shape index (κ3) is 3.96. The standard InChI is InChI=1S/C12H13NO3S/c1-3-16-12(15)10(14)13-11(17)9-6-4-8(2)5-7-9/h4-7H,3H2,1-2H3,(H,13,14,17). The number of carbonyl (C=O) groups excluding carboxylic acids is 2. The maximum Gasteiger partial charge on any atom is 0.397 e. The zero-order chi connectivity index (χ0) is 12.8. The molecular weight excluding hydrogens is 238 g/mol. The number of rotatable bonds is 2. The zero-order valence-corrected chi connectivity index (χ0v) is 10.5. The van der Waals surface area contributed by atoms with E-state index in [1.54, 1.807) is 19.1 Å². The molecule has 17 heavy (non-hydrogen) atoms. The molecule has 0 saturated carbocycles. The number of esters is 1. The summed E-state index contributed by atoms with van der Waals surface area (Å²) >= 11 is 5.00. The molecule has 1 aromatic rings. The molecular formula is C12H13NO3S. The van der Waals surface area contributed by atoms with E-state index >= 15 is 0 Å². The number of benzene rings is 1. The van der Waals surface area contributed by atoms with E-state index in [1.807, 2.05) is 19.1 Å². The van der Waals surface area contributed by atoms with Gasteiger partial charge in [0.1, 0.15) is 4.99 Å². The van der Waals surface area contributed by atoms with Gasteiger partial charge in [0.25, 0.3) is 0 Å². The summed E-state index contributed by atoms with van der Waals surface area (Å²) in [6.07, 6.45) is 0. The number of amides is 1. The molecule has 0 bridgehead atoms. The first-order valence-corrected chi connectivity index (χ1v) is 5.54. The van der Waals surface area contributed by atoms with E-state index in [9.17, 15) is 9.59 Å². The van der Waals surface area contributed by atoms with Gasteiger partial charge >= 0.3 is 11.9 Å². The summed E-state index contributed by atoms with van der Waals surface area (Å²) < 4.78 is 4.55. The molecule has 4 nitrogen and oxygen atoms in total. The molecule has 1 amide bonds. The van der Waals surface area contributed by atoms with Crippen LogP contribution in [0.1, 0.15) is 18.1 Å². The van der Waals surface area contributed by atoms with Crippen LogP contribution in [0, 0.1) is 6.92 Å². The van der Waals surface area contributed by atoms with Crippen LogP contribution in [0.15, 0.2) is 24.3 Å². The Balaban J connectivity index is 2.63. The Bertz CT molecular complexity index is 440. The third-order valence-corrected chi connectivity index (χ3v) is 2.34. The fraction of sp³-hybridized carbons (Fsp3) is 0.250. The minimum absolute atomic E-state index is 0.156. The van der Waals surface area contributed by atoms with Crippen molar-refractivity contribution in [1.82, 2.24) is 5.32 Å². The summed E-state index contributed by atoms with van der Waals surface area (Å²) in [5.74, 6) is -1.78. The highest BCUT2D eigenvalue weighted by atomic mass is 32.1. The van der Waals surface area contributed by atoms with Crippen molar-refractivity contribution in [3.05, 3.63) is 35.4 Å². The van der Waals surface area contributed by atoms with Crippen LogP contribution < -0.4 is 5.32 Å². The molecule has 0 aliphatic carbocycles. The number of ether oxygens (including phenoxy) is 1. The van der Waals surface area contributed by atoms with E-state index in [0.717, 1.165) is 5.56 Å². The van der Waals surface area contributed by atoms with Crippen molar-refractivity contribution in [3.8, 4) is 0 Å². The molecule has 1 aromatic carbocycles. The molecule has 90 valence electrons. The highest BCUT2D eigenvalue weighted by molar-refractivity contribution is 7.80. The largest absolute Gasteiger partial charge is 0.459 e. The van der Waals surface area contributed by atoms with Crippen LogP contribution >= 0.6 is 12.2 Å². The highest BCUT2D eigenvalue weighted by Crippen LogP contribution is 2.03. The molecule has 0 aromatic heterocycles. The van der Waals surface area contributed by atoms with Gasteiger partial charge in [-0.3, -0.25) is 4.79 Å². The summed E-state index contributed by atoms with van der Waals surface area (Å²) in [6.45, 7) is 3.73. The first-order valence-electron chi connectivity index (χ1n) is 5.13. The van der Waals surface area contributed by atoms with Gasteiger partial charge < -0.3 is 10.1 Å². The zero-order valence-electron chi connectivity index (χ0n) is 9.65. The van der Waals surface area contributed by atoms with Crippen LogP contribution in [0.25, 0.3) is 0 Å². The van der Waals surface area contributed by atoms with Gasteiger partial charge in [0.15, 0.2) is 0 Å². The monoisotopic (exact) mass is 251 g/mol. The van der Waals surface area contributed by atoms with E-state index < -0.39 is 11.9 Å². The third-order valence-electron chi connectivity index (χ3n) is 2.00. The van der Waals surface area contributed by atoms with Gasteiger partial charge in [-0.15, -0.1) is 0 Å². The van der Waals surface area contributed by atoms with Gasteiger partial charge in [-0.1, -0.05) is 42.0 Å². The van der Waals surface area contributed by atoms with Crippen molar-refractivity contribution in [3.63, 3.8) is 0 Å². The van der Waals surface area contributed by atoms with Gasteiger partial charge in [-0.25, -0.2) is 4.79 Å². The normalized spacial score (nSPS) is 9.53. The molecule has 0 radical (unpaired) electrons. The summed E-state index contributed by atoms with van der Waals surface area (Å²) in [4.78, 5) is 22.6. The number of thiocarbonyl (C=S) groups is 1. The minimum atomic E-state index is -0.929. The molecule has 0 unspecified atom stereocenters. The minimum Gasteiger partial charge on any atom is -0.459 e. The van der Waals surface area contributed by atoms with E-state index in [-0.39, 0.29) is 11.6 Å². The summed E-state index contributed by atoms with van der Waals surface area (Å²) in [5, 5.41) is 2.32. The molecule has 0 aliphatic heterocycles. The number of hydrogen-bond donors (Lipinski definition) is 1. The van der Waals surface area contributed by atoms with Crippen molar-refractivity contribution in [2.24, 2.45) is 0 Å². The highest BCUT2D eigenvalue weighted by Gasteiger charge is 2.16. The Hall–Kier alpha value is -1.75. The average Bonchev–Trinajstić information content (AvgIpc) is 2.30. The molecule has 0 fully saturated rings. The Morgan fingerprint density at radius 2 is 1.88 bits per heavy atom. The molecule has 0 atom stereocenters. The molecule has 0 aliphatic rings. The lowest BCUT2D eigenvalue weighted by Gasteiger charge is -2.06. The predicted molar refractivity (Wildman–Crippen MR) is 67.7 cm³/mol. The SMILES string of the molecule is CCOC(=O)C(=O)NC(=S)c1ccc(C)cc1. The van der Waals surface area contributed by atoms with Crippen LogP contribution in [-0.2, 0) is 14.3 Å². The van der Waals surface area contributed by atoms with E-state index in [2.05, 4.69) is 10.1 Å². The number of nitrogens with one attached hydrogen (secondary N) is 1. The van der Waals surface area contributed by atoms with E-state index in [1.165, 1.54) is 0 Å². The van der Waals surface area contributed by atoms with Crippen LogP contribution in [0.2, 0.25) is 0 Å². The van der Waals surface area contributed by atoms with Crippen LogP contribution in [0.5, 0.6) is 0 Å². The molecule has 0 spiro atoms. The molecule has 0 heterocycles. The predicted octanol–water partition coefficient (Wildman–Crippen LogP) is 1.35. The maximum atomic E-state index is 11.3. The topological polar surface area (TPSA) is 55.4 Å². The smallest absolute Gasteiger partial charge is 0.397 e. The van der Waals surface area contributed by atoms with Crippen LogP contribution in [0.3, 0.4) is 0 Å². The average molecular weight is 251 g/mol. The maximum absolute atomic E-state index is 11.3. The molecule has 0 saturated heterocycles. The number of carbonyl (C=O) groups is 2. The van der Waals surface area contributed by atoms with Gasteiger partial charge in [-0.05, 0) is 13.8 Å². The van der Waals surface area contributed by atoms with Crippen molar-refractivity contribution >= 4 is 29.1 Å². The van der Waals surface area contributed by atoms with Crippen LogP contribution in [0.4, 0.5) is 0 Å². The van der Waals surface area contributed by atoms with Crippen molar-refractivity contribution in [1.29, 1.82) is 0 Å². The quantitative estimate of drug-likeness (QED) is 0.490. The summed E-state index contributed by atoms with van der Waals surface area (Å²) in [6, 6.07) is 7.31. The van der Waals surface area contributed by atoms with Crippen molar-refractivity contribution < 1.29 is 14.3 Å². The summed E-state index contributed by atoms with van der Waals surface area (Å²) in [7, 11) is 0. The fourth-order valence-corrected chi connectivity index (χ4v) is 1.36. The first kappa shape index (κ1) is 13.3. The number of aryl methyl sites for hydroxylation is 1. The van der Waals surface area contributed by atoms with Crippen molar-refractivity contribution in [2.75, 3.05) is 6.61 Å². The lowest BCUT2D eigenvalue weighted by molar-refractivity contribution is -0.153. The Morgan fingerprint density at radius 1 is 1.29 bits per heavy atom. The summed E-state index contributed by atoms with van der Waals surface area (Å²) in [5.41, 5.74) is 1.77. The van der Waals surface area contributed by atoms with Crippen LogP contribution in [-0.4, -0.2) is 23.5 Å². The van der Waals surface area contributed by atoms with E-state index in [4.69, 9.17) is 12.2 Å². The molecule has 1 rings (SSSR count). The van der Waals surface area contributed by atoms with E-state index in [0.29, 0.717) is 5.56 Å². The Morgan fingerprint density at radius 3 is 2.41 bits per heavy atom. The van der Waals surface area contributed by atoms with Gasteiger partial charge in [0.2, 0.25) is 0 Å². The molecule has 1 N–H and O–H groups in total. The van der Waals surface area contributed by atoms with Gasteiger partial charge in [0.05, 0.1) is 6.61 Å². The van der Waals surface area contributed by atoms with Crippen molar-refractivity contribution in [2.45, 2.75) is 13.8 Å². The first-order chi connectivity index (χ1) is 8.04. The fourth-order valence-electron chi connectivity index (χ4n) is 1.13. The number of hydrogen-bond acceptors (Lipinski definition) is 4. The molecule has 5 heteroatoms. The second kappa shape index (κ2) is 6.10. The van der Waals surface area contributed by atoms with Gasteiger partial charge in [-0.2, -0.15) is 0 Å². The lowest BCUT2D eigenvalue weighted by Crippen LogP contribution is -2.36. The Labute approximate surface area is 105 Å². The van der Waals surface area contributed by atoms with Gasteiger partial charge in [0, 0.05) is 5.56 Å². The second-order valence-electron chi connectivity index (χ2n) is 3.37. The lowest BCUT2D eigenvalue weighted by atomic mass is 10.1.